The Balaban J connectivity index is 0.000000217. The molecule has 1 radical (unpaired) electrons. The number of fused-ring (bicyclic) bond motifs is 3. The summed E-state index contributed by atoms with van der Waals surface area (Å²) in [5, 5.41) is 1.96. The molecule has 0 fully saturated rings. The Hall–Kier alpha value is -3.90. The fourth-order valence-electron chi connectivity index (χ4n) is 5.13. The number of nitrogens with zero attached hydrogens (tertiary/aromatic N) is 2. The molecule has 3 nitrogen and oxygen atoms in total. The van der Waals surface area contributed by atoms with E-state index in [-0.39, 0.29) is 25.9 Å². The fraction of sp³-hybridized carbons (Fsp3) is 0.150. The Morgan fingerprint density at radius 3 is 2.20 bits per heavy atom. The molecule has 0 saturated heterocycles. The van der Waals surface area contributed by atoms with E-state index in [9.17, 15) is 4.39 Å². The van der Waals surface area contributed by atoms with Gasteiger partial charge in [-0.15, -0.1) is 23.8 Å². The van der Waals surface area contributed by atoms with Gasteiger partial charge in [0.05, 0.1) is 5.58 Å². The van der Waals surface area contributed by atoms with Gasteiger partial charge in [0, 0.05) is 33.1 Å². The van der Waals surface area contributed by atoms with E-state index in [1.54, 1.807) is 18.3 Å². The van der Waals surface area contributed by atoms with Crippen LogP contribution in [0.3, 0.4) is 0 Å². The van der Waals surface area contributed by atoms with Gasteiger partial charge in [-0.25, -0.2) is 4.39 Å². The number of hydrogen-bond acceptors (Lipinski definition) is 3. The third-order valence-corrected chi connectivity index (χ3v) is 12.1. The van der Waals surface area contributed by atoms with Crippen molar-refractivity contribution >= 4 is 39.6 Å². The average molecular weight is 845 g/mol. The van der Waals surface area contributed by atoms with E-state index >= 15 is 0 Å². The molecule has 4 aromatic carbocycles. The van der Waals surface area contributed by atoms with Crippen molar-refractivity contribution in [2.75, 3.05) is 0 Å². The Morgan fingerprint density at radius 1 is 0.761 bits per heavy atom. The van der Waals surface area contributed by atoms with Gasteiger partial charge in [-0.1, -0.05) is 49.1 Å². The van der Waals surface area contributed by atoms with Crippen molar-refractivity contribution in [2.45, 2.75) is 37.0 Å². The summed E-state index contributed by atoms with van der Waals surface area (Å²) in [6.07, 6.45) is 3.77. The van der Waals surface area contributed by atoms with Crippen LogP contribution in [0.1, 0.15) is 26.7 Å². The molecule has 0 N–H and O–H groups in total. The summed E-state index contributed by atoms with van der Waals surface area (Å²) in [5.74, 6) is 6.19. The van der Waals surface area contributed by atoms with Crippen LogP contribution in [0.25, 0.3) is 55.6 Å². The number of hydrogen-bond donors (Lipinski definition) is 0. The van der Waals surface area contributed by atoms with Crippen LogP contribution >= 0.6 is 0 Å². The van der Waals surface area contributed by atoms with Gasteiger partial charge < -0.3 is 9.40 Å². The largest absolute Gasteiger partial charge is 0 e. The maximum Gasteiger partial charge on any atom is 0 e. The number of pyridine rings is 2. The topological polar surface area (TPSA) is 38.9 Å². The monoisotopic (exact) mass is 846 g/mol. The maximum atomic E-state index is 13.3. The summed E-state index contributed by atoms with van der Waals surface area (Å²) >= 11 is -1.72. The molecule has 0 bridgehead atoms. The Kier molecular flexibility index (Phi) is 9.93. The zero-order valence-electron chi connectivity index (χ0n) is 27.5. The SMILES string of the molecule is [2H]C(C)(C)c1ccnc(-c2[c-]cc3oc4ccc(-c5ccc(F)cc5)cc4c3c2)c1.[CH3][Ge]([CH3])([CH3])[c]1ccc(-c2[c-]cccc2)nc1.[Ir]. The van der Waals surface area contributed by atoms with Gasteiger partial charge in [0.1, 0.15) is 11.4 Å². The van der Waals surface area contributed by atoms with E-state index in [1.807, 2.05) is 80.7 Å². The molecule has 0 amide bonds. The van der Waals surface area contributed by atoms with Crippen molar-refractivity contribution < 1.29 is 30.3 Å². The molecule has 3 aromatic heterocycles. The molecule has 0 spiro atoms. The number of rotatable bonds is 5. The number of benzene rings is 4. The minimum atomic E-state index is -1.72. The first-order valence-electron chi connectivity index (χ1n) is 15.5. The van der Waals surface area contributed by atoms with Crippen LogP contribution < -0.4 is 4.40 Å². The van der Waals surface area contributed by atoms with Crippen molar-refractivity contribution in [1.29, 1.82) is 0 Å². The van der Waals surface area contributed by atoms with E-state index < -0.39 is 19.2 Å². The molecular formula is C40H35FGeIrN2O-2. The molecule has 0 aliphatic carbocycles. The van der Waals surface area contributed by atoms with Gasteiger partial charge in [0.2, 0.25) is 0 Å². The van der Waals surface area contributed by atoms with Crippen molar-refractivity contribution in [1.82, 2.24) is 9.97 Å². The van der Waals surface area contributed by atoms with E-state index in [2.05, 4.69) is 57.6 Å². The second kappa shape index (κ2) is 14.3. The standard InChI is InChI=1S/C26H19FNO.C14H16GeN.Ir/c1-16(2)18-11-12-28-24(15-18)20-6-10-26-23(14-20)22-13-19(5-9-25(22)29-26)17-3-7-21(27)8-4-17;1-15(2,3)13-9-10-14(16-11-13)12-7-5-4-6-8-12;/h3-5,7-16H,1-2H3;4-7,9-11H,1-3H3;/q2*-1;/i16D;;. The van der Waals surface area contributed by atoms with Crippen LogP contribution in [-0.2, 0) is 20.1 Å². The minimum Gasteiger partial charge on any atom is 0 e. The first kappa shape index (κ1) is 32.1. The zero-order chi connectivity index (χ0) is 32.5. The summed E-state index contributed by atoms with van der Waals surface area (Å²) in [6.45, 7) is 3.72. The van der Waals surface area contributed by atoms with Gasteiger partial charge in [-0.05, 0) is 53.0 Å². The summed E-state index contributed by atoms with van der Waals surface area (Å²) in [5.41, 5.74) is 8.08. The van der Waals surface area contributed by atoms with Gasteiger partial charge in [0.15, 0.2) is 0 Å². The molecule has 0 aliphatic heterocycles. The van der Waals surface area contributed by atoms with Gasteiger partial charge in [0.25, 0.3) is 0 Å². The van der Waals surface area contributed by atoms with Crippen molar-refractivity contribution in [3.8, 4) is 33.6 Å². The molecule has 7 rings (SSSR count). The van der Waals surface area contributed by atoms with E-state index in [1.165, 1.54) is 16.5 Å². The molecule has 3 heterocycles. The van der Waals surface area contributed by atoms with Gasteiger partial charge in [-0.2, -0.15) is 0 Å². The van der Waals surface area contributed by atoms with Gasteiger partial charge in [-0.3, -0.25) is 0 Å². The first-order valence-corrected chi connectivity index (χ1v) is 22.3. The summed E-state index contributed by atoms with van der Waals surface area (Å²) in [7, 11) is 0. The van der Waals surface area contributed by atoms with Gasteiger partial charge >= 0.3 is 99.8 Å². The van der Waals surface area contributed by atoms with Crippen molar-refractivity contribution in [3.63, 3.8) is 0 Å². The van der Waals surface area contributed by atoms with Crippen LogP contribution in [0.15, 0.2) is 120 Å². The molecule has 233 valence electrons. The molecule has 6 heteroatoms. The van der Waals surface area contributed by atoms with Crippen LogP contribution in [0.5, 0.6) is 0 Å². The summed E-state index contributed by atoms with van der Waals surface area (Å²) in [6, 6.07) is 38.9. The third kappa shape index (κ3) is 7.55. The minimum absolute atomic E-state index is 0. The van der Waals surface area contributed by atoms with Crippen molar-refractivity contribution in [2.24, 2.45) is 0 Å². The van der Waals surface area contributed by atoms with E-state index in [0.717, 1.165) is 61.1 Å². The number of furan rings is 1. The quantitative estimate of drug-likeness (QED) is 0.128. The second-order valence-corrected chi connectivity index (χ2v) is 23.0. The molecule has 0 atom stereocenters. The Labute approximate surface area is 288 Å². The van der Waals surface area contributed by atoms with Crippen LogP contribution in [0.4, 0.5) is 4.39 Å². The predicted octanol–water partition coefficient (Wildman–Crippen LogP) is 10.5. The second-order valence-electron chi connectivity index (χ2n) is 12.3. The predicted molar refractivity (Wildman–Crippen MR) is 187 cm³/mol. The van der Waals surface area contributed by atoms with Crippen molar-refractivity contribution in [3.05, 3.63) is 139 Å². The number of halogens is 1. The molecule has 46 heavy (non-hydrogen) atoms. The normalized spacial score (nSPS) is 11.8. The molecule has 0 saturated carbocycles. The Morgan fingerprint density at radius 2 is 1.52 bits per heavy atom. The zero-order valence-corrected chi connectivity index (χ0v) is 31.0. The molecular weight excluding hydrogens is 808 g/mol. The smallest absolute Gasteiger partial charge is 0 e. The fourth-order valence-corrected chi connectivity index (χ4v) is 7.30. The molecule has 0 unspecified atom stereocenters. The van der Waals surface area contributed by atoms with Crippen LogP contribution in [0.2, 0.25) is 17.3 Å². The molecule has 7 aromatic rings. The first-order chi connectivity index (χ1) is 22.0. The molecule has 0 aliphatic rings. The summed E-state index contributed by atoms with van der Waals surface area (Å²) < 4.78 is 29.0. The summed E-state index contributed by atoms with van der Waals surface area (Å²) in [4.78, 5) is 9.02. The van der Waals surface area contributed by atoms with E-state index in [0.29, 0.717) is 0 Å². The average Bonchev–Trinajstić information content (AvgIpc) is 3.42. The van der Waals surface area contributed by atoms with E-state index in [4.69, 9.17) is 5.79 Å². The third-order valence-electron chi connectivity index (χ3n) is 7.81. The van der Waals surface area contributed by atoms with Crippen LogP contribution in [-0.4, -0.2) is 23.2 Å². The maximum absolute atomic E-state index is 13.3. The Bertz CT molecular complexity index is 2120. The number of aromatic nitrogens is 2. The van der Waals surface area contributed by atoms with Crippen LogP contribution in [0, 0.1) is 17.9 Å².